The average molecular weight is 680 g/mol. The first-order chi connectivity index (χ1) is 18.6. The van der Waals surface area contributed by atoms with Crippen LogP contribution in [0.4, 0.5) is 5.69 Å². The molecule has 0 N–H and O–H groups in total. The summed E-state index contributed by atoms with van der Waals surface area (Å²) in [5, 5.41) is 48.6. The van der Waals surface area contributed by atoms with Crippen molar-refractivity contribution in [3.05, 3.63) is 111 Å². The predicted molar refractivity (Wildman–Crippen MR) is 134 cm³/mol. The Hall–Kier alpha value is -5.63. The molecule has 0 aliphatic carbocycles. The monoisotopic (exact) mass is 679 g/mol. The van der Waals surface area contributed by atoms with Crippen LogP contribution >= 0.6 is 0 Å². The Morgan fingerprint density at radius 1 is 0.744 bits per heavy atom. The van der Waals surface area contributed by atoms with Gasteiger partial charge in [0.05, 0.1) is 17.7 Å². The van der Waals surface area contributed by atoms with Gasteiger partial charge in [-0.15, -0.1) is 6.07 Å². The molecule has 2 aromatic carbocycles. The summed E-state index contributed by atoms with van der Waals surface area (Å²) in [6.45, 7) is 7.74. The first-order valence-corrected chi connectivity index (χ1v) is 11.1. The maximum Gasteiger partial charge on any atom is 2.00 e. The van der Waals surface area contributed by atoms with E-state index in [0.29, 0.717) is 18.5 Å². The van der Waals surface area contributed by atoms with Crippen LogP contribution in [0, 0.1) is 75.4 Å². The number of aryl methyl sites for hydroxylation is 2. The molecule has 0 saturated carbocycles. The molecular weight excluding hydrogens is 667 g/mol. The average Bonchev–Trinajstić information content (AvgIpc) is 2.98. The summed E-state index contributed by atoms with van der Waals surface area (Å²) in [6, 6.07) is 27.4. The molecule has 0 bridgehead atoms. The summed E-state index contributed by atoms with van der Waals surface area (Å²) < 4.78 is 0. The molecule has 182 valence electrons. The van der Waals surface area contributed by atoms with Gasteiger partial charge < -0.3 is 0 Å². The Morgan fingerprint density at radius 2 is 1.41 bits per heavy atom. The van der Waals surface area contributed by atoms with E-state index in [-0.39, 0.29) is 71.3 Å². The molecule has 0 atom stereocenters. The van der Waals surface area contributed by atoms with Gasteiger partial charge in [-0.2, -0.15) is 38.6 Å². The van der Waals surface area contributed by atoms with E-state index in [0.717, 1.165) is 11.4 Å². The van der Waals surface area contributed by atoms with Crippen molar-refractivity contribution in [1.82, 2.24) is 9.97 Å². The maximum atomic E-state index is 9.93. The number of hydrogen-bond donors (Lipinski definition) is 0. The molecule has 8 nitrogen and oxygen atoms in total. The van der Waals surface area contributed by atoms with E-state index in [1.165, 1.54) is 6.07 Å². The number of hydrogen-bond acceptors (Lipinski definition) is 7. The van der Waals surface area contributed by atoms with Crippen LogP contribution in [0.5, 0.6) is 0 Å². The second kappa shape index (κ2) is 12.6. The number of pyridine rings is 2. The fraction of sp³-hybridized carbons (Fsp3) is 0.0667. The van der Waals surface area contributed by atoms with Crippen LogP contribution in [-0.4, -0.2) is 9.97 Å². The molecule has 0 unspecified atom stereocenters. The van der Waals surface area contributed by atoms with Gasteiger partial charge in [0.1, 0.15) is 6.57 Å². The molecular formula is C30H12N8Pt. The quantitative estimate of drug-likeness (QED) is 0.267. The minimum Gasteiger partial charge on any atom is -0.291 e. The zero-order valence-electron chi connectivity index (χ0n) is 19.9. The van der Waals surface area contributed by atoms with E-state index in [1.807, 2.05) is 54.6 Å². The van der Waals surface area contributed by atoms with Gasteiger partial charge in [0.25, 0.3) is 5.69 Å². The smallest absolute Gasteiger partial charge is 0.291 e. The topological polar surface area (TPSA) is 149 Å². The van der Waals surface area contributed by atoms with Crippen molar-refractivity contribution in [2.24, 2.45) is 0 Å². The van der Waals surface area contributed by atoms with Crippen molar-refractivity contribution >= 4 is 5.69 Å². The fourth-order valence-electron chi connectivity index (χ4n) is 3.94. The van der Waals surface area contributed by atoms with Gasteiger partial charge in [-0.1, -0.05) is 18.2 Å². The Bertz CT molecular complexity index is 1840. The molecule has 9 heteroatoms. The van der Waals surface area contributed by atoms with Gasteiger partial charge in [-0.25, -0.2) is 15.8 Å². The van der Waals surface area contributed by atoms with Crippen LogP contribution in [0.1, 0.15) is 39.2 Å². The number of aromatic nitrogens is 2. The Balaban J connectivity index is 0.00000420. The number of benzene rings is 2. The third-order valence-electron chi connectivity index (χ3n) is 5.71. The molecule has 0 aliphatic rings. The van der Waals surface area contributed by atoms with Crippen LogP contribution in [0.3, 0.4) is 0 Å². The van der Waals surface area contributed by atoms with Crippen LogP contribution in [-0.2, 0) is 33.9 Å². The molecule has 2 heterocycles. The third kappa shape index (κ3) is 5.40. The molecule has 0 radical (unpaired) electrons. The van der Waals surface area contributed by atoms with Gasteiger partial charge in [0, 0.05) is 41.5 Å². The minimum absolute atomic E-state index is 0. The normalized spacial score (nSPS) is 9.38. The minimum atomic E-state index is -0.202. The number of nitriles is 5. The van der Waals surface area contributed by atoms with E-state index >= 15 is 0 Å². The van der Waals surface area contributed by atoms with Gasteiger partial charge in [0.2, 0.25) is 0 Å². The molecule has 4 aromatic rings. The fourth-order valence-corrected chi connectivity index (χ4v) is 3.94. The largest absolute Gasteiger partial charge is 2.00 e. The Labute approximate surface area is 239 Å². The standard InChI is InChI=1S/C30H12N8.Pt/c1-36-30-24(29-7-4-6-21(38-29)10-9-20-5-2-3-12-37-20)13-23(27(17-34)28(30)18-35)22-11-8-19(14-31)25(15-32)26(22)16-33;/h2-8,12H,9-10H2;/q-2;+2. The van der Waals surface area contributed by atoms with Crippen molar-refractivity contribution < 1.29 is 21.1 Å². The second-order valence-electron chi connectivity index (χ2n) is 7.81. The SMILES string of the molecule is [C-]#[N+]c1c(-c2cccc(CCc3ccccn3)n2)[c-]c(-c2[c-]cc(C#N)c(C#N)c2C#N)c(C#N)c1C#N.[Pt+2]. The number of nitrogens with zero attached hydrogens (tertiary/aromatic N) is 8. The maximum absolute atomic E-state index is 9.93. The first-order valence-electron chi connectivity index (χ1n) is 11.1. The summed E-state index contributed by atoms with van der Waals surface area (Å²) in [6.07, 6.45) is 2.92. The van der Waals surface area contributed by atoms with Crippen LogP contribution in [0.15, 0.2) is 48.7 Å². The molecule has 4 rings (SSSR count). The van der Waals surface area contributed by atoms with Gasteiger partial charge in [-0.3, -0.25) is 9.97 Å². The second-order valence-corrected chi connectivity index (χ2v) is 7.81. The Morgan fingerprint density at radius 3 is 2.03 bits per heavy atom. The first kappa shape index (κ1) is 27.9. The van der Waals surface area contributed by atoms with Crippen molar-refractivity contribution in [1.29, 1.82) is 26.3 Å². The predicted octanol–water partition coefficient (Wildman–Crippen LogP) is 5.10. The van der Waals surface area contributed by atoms with Gasteiger partial charge in [0.15, 0.2) is 0 Å². The van der Waals surface area contributed by atoms with E-state index in [1.54, 1.807) is 18.3 Å². The third-order valence-corrected chi connectivity index (χ3v) is 5.71. The Kier molecular flexibility index (Phi) is 9.00. The molecule has 2 aromatic heterocycles. The van der Waals surface area contributed by atoms with Gasteiger partial charge >= 0.3 is 21.1 Å². The zero-order chi connectivity index (χ0) is 27.1. The summed E-state index contributed by atoms with van der Waals surface area (Å²) >= 11 is 0. The van der Waals surface area contributed by atoms with Crippen LogP contribution in [0.25, 0.3) is 27.2 Å². The van der Waals surface area contributed by atoms with Crippen LogP contribution < -0.4 is 0 Å². The summed E-state index contributed by atoms with van der Waals surface area (Å²) in [7, 11) is 0. The molecule has 0 saturated heterocycles. The van der Waals surface area contributed by atoms with Crippen molar-refractivity contribution in [2.45, 2.75) is 12.8 Å². The van der Waals surface area contributed by atoms with Crippen molar-refractivity contribution in [3.63, 3.8) is 0 Å². The van der Waals surface area contributed by atoms with Crippen molar-refractivity contribution in [3.8, 4) is 52.7 Å². The molecule has 0 spiro atoms. The summed E-state index contributed by atoms with van der Waals surface area (Å²) in [4.78, 5) is 12.5. The molecule has 0 amide bonds. The van der Waals surface area contributed by atoms with Crippen molar-refractivity contribution in [2.75, 3.05) is 0 Å². The van der Waals surface area contributed by atoms with E-state index in [4.69, 9.17) is 6.57 Å². The zero-order valence-corrected chi connectivity index (χ0v) is 22.2. The molecule has 0 aliphatic heterocycles. The summed E-state index contributed by atoms with van der Waals surface area (Å²) in [5.74, 6) is 0. The van der Waals surface area contributed by atoms with E-state index in [2.05, 4.69) is 26.9 Å². The van der Waals surface area contributed by atoms with Crippen LogP contribution in [0.2, 0.25) is 0 Å². The molecule has 39 heavy (non-hydrogen) atoms. The summed E-state index contributed by atoms with van der Waals surface area (Å²) in [5.41, 5.74) is 1.29. The van der Waals surface area contributed by atoms with E-state index in [9.17, 15) is 26.3 Å². The van der Waals surface area contributed by atoms with E-state index < -0.39 is 0 Å². The molecule has 0 fully saturated rings. The van der Waals surface area contributed by atoms with Gasteiger partial charge in [-0.05, 0) is 58.9 Å². The number of rotatable bonds is 5.